The minimum atomic E-state index is -3.53. The lowest BCUT2D eigenvalue weighted by atomic mass is 10.2. The van der Waals surface area contributed by atoms with E-state index in [1.54, 1.807) is 36.5 Å². The monoisotopic (exact) mass is 484 g/mol. The molecule has 4 rings (SSSR count). The zero-order valence-corrected chi connectivity index (χ0v) is 19.9. The number of benzene rings is 2. The van der Waals surface area contributed by atoms with E-state index >= 15 is 0 Å². The summed E-state index contributed by atoms with van der Waals surface area (Å²) < 4.78 is 28.0. The Morgan fingerprint density at radius 3 is 2.67 bits per heavy atom. The van der Waals surface area contributed by atoms with Gasteiger partial charge in [0, 0.05) is 30.7 Å². The van der Waals surface area contributed by atoms with Gasteiger partial charge in [-0.05, 0) is 67.4 Å². The number of likely N-dealkylation sites (tertiary alicyclic amines) is 1. The van der Waals surface area contributed by atoms with Crippen molar-refractivity contribution in [3.8, 4) is 5.75 Å². The molecule has 2 aromatic carbocycles. The third kappa shape index (κ3) is 6.88. The van der Waals surface area contributed by atoms with Crippen LogP contribution in [0.5, 0.6) is 5.75 Å². The van der Waals surface area contributed by atoms with Gasteiger partial charge in [0.25, 0.3) is 0 Å². The topological polar surface area (TPSA) is 94.6 Å². The smallest absolute Gasteiger partial charge is 0.240 e. The van der Waals surface area contributed by atoms with Crippen LogP contribution in [0.25, 0.3) is 12.2 Å². The molecule has 7 nitrogen and oxygen atoms in total. The summed E-state index contributed by atoms with van der Waals surface area (Å²) in [4.78, 5) is 7.94. The molecule has 0 unspecified atom stereocenters. The molecule has 0 spiro atoms. The van der Waals surface area contributed by atoms with E-state index in [1.807, 2.05) is 30.4 Å². The molecule has 1 saturated heterocycles. The molecule has 0 aliphatic carbocycles. The quantitative estimate of drug-likeness (QED) is 0.403. The predicted molar refractivity (Wildman–Crippen MR) is 134 cm³/mol. The number of nitrogens with one attached hydrogen (secondary N) is 2. The number of phenols is 1. The van der Waals surface area contributed by atoms with Crippen LogP contribution in [0.15, 0.2) is 59.6 Å². The first kappa shape index (κ1) is 23.4. The first-order valence-electron chi connectivity index (χ1n) is 11.0. The Kier molecular flexibility index (Phi) is 7.77. The number of nitrogens with zero attached hydrogens (tertiary/aromatic N) is 2. The van der Waals surface area contributed by atoms with Gasteiger partial charge >= 0.3 is 0 Å². The molecule has 174 valence electrons. The lowest BCUT2D eigenvalue weighted by Crippen LogP contribution is -2.33. The number of aromatic hydroxyl groups is 1. The maximum atomic E-state index is 12.7. The van der Waals surface area contributed by atoms with E-state index in [9.17, 15) is 13.5 Å². The number of hydrogen-bond acceptors (Lipinski definition) is 7. The van der Waals surface area contributed by atoms with E-state index in [0.717, 1.165) is 40.8 Å². The number of hydrogen-bond donors (Lipinski definition) is 3. The van der Waals surface area contributed by atoms with Crippen LogP contribution >= 0.6 is 11.3 Å². The van der Waals surface area contributed by atoms with Gasteiger partial charge in [0.1, 0.15) is 5.75 Å². The Bertz CT molecular complexity index is 1180. The van der Waals surface area contributed by atoms with E-state index in [0.29, 0.717) is 13.1 Å². The van der Waals surface area contributed by atoms with Crippen molar-refractivity contribution in [1.29, 1.82) is 0 Å². The molecular formula is C24H28N4O3S2. The fraction of sp³-hybridized carbons (Fsp3) is 0.292. The van der Waals surface area contributed by atoms with Gasteiger partial charge in [-0.3, -0.25) is 0 Å². The summed E-state index contributed by atoms with van der Waals surface area (Å²) >= 11 is 1.51. The molecule has 1 aliphatic heterocycles. The van der Waals surface area contributed by atoms with Gasteiger partial charge < -0.3 is 15.3 Å². The molecule has 0 amide bonds. The van der Waals surface area contributed by atoms with E-state index in [4.69, 9.17) is 0 Å². The predicted octanol–water partition coefficient (Wildman–Crippen LogP) is 4.01. The van der Waals surface area contributed by atoms with Crippen molar-refractivity contribution in [3.05, 3.63) is 70.7 Å². The van der Waals surface area contributed by atoms with Crippen molar-refractivity contribution in [2.45, 2.75) is 24.3 Å². The van der Waals surface area contributed by atoms with Crippen LogP contribution in [0.4, 0.5) is 5.13 Å². The second-order valence-electron chi connectivity index (χ2n) is 7.94. The molecule has 1 fully saturated rings. The number of rotatable bonds is 10. The normalized spacial score (nSPS) is 14.8. The highest BCUT2D eigenvalue weighted by molar-refractivity contribution is 7.89. The van der Waals surface area contributed by atoms with Crippen LogP contribution in [-0.2, 0) is 16.6 Å². The Hall–Kier alpha value is -2.72. The summed E-state index contributed by atoms with van der Waals surface area (Å²) in [5.41, 5.74) is 1.86. The largest absolute Gasteiger partial charge is 0.508 e. The summed E-state index contributed by atoms with van der Waals surface area (Å²) in [6.45, 7) is 3.74. The fourth-order valence-electron chi connectivity index (χ4n) is 3.64. The van der Waals surface area contributed by atoms with Gasteiger partial charge in [0.15, 0.2) is 5.13 Å². The molecule has 0 radical (unpaired) electrons. The summed E-state index contributed by atoms with van der Waals surface area (Å²) in [6.07, 6.45) is 8.10. The van der Waals surface area contributed by atoms with Crippen LogP contribution in [0.1, 0.15) is 28.8 Å². The number of anilines is 1. The van der Waals surface area contributed by atoms with Crippen LogP contribution < -0.4 is 10.0 Å². The Balaban J connectivity index is 1.30. The summed E-state index contributed by atoms with van der Waals surface area (Å²) in [5.74, 6) is 0.242. The summed E-state index contributed by atoms with van der Waals surface area (Å²) in [6, 6.07) is 14.0. The van der Waals surface area contributed by atoms with Crippen molar-refractivity contribution >= 4 is 38.6 Å². The van der Waals surface area contributed by atoms with Crippen LogP contribution in [0.3, 0.4) is 0 Å². The Labute approximate surface area is 198 Å². The summed E-state index contributed by atoms with van der Waals surface area (Å²) in [7, 11) is -3.53. The highest BCUT2D eigenvalue weighted by Crippen LogP contribution is 2.22. The maximum Gasteiger partial charge on any atom is 0.240 e. The van der Waals surface area contributed by atoms with Gasteiger partial charge in [-0.1, -0.05) is 41.7 Å². The van der Waals surface area contributed by atoms with Gasteiger partial charge in [0.2, 0.25) is 10.0 Å². The van der Waals surface area contributed by atoms with E-state index in [2.05, 4.69) is 19.9 Å². The zero-order chi connectivity index (χ0) is 23.1. The maximum absolute atomic E-state index is 12.7. The molecule has 9 heteroatoms. The highest BCUT2D eigenvalue weighted by atomic mass is 32.2. The molecule has 0 saturated carbocycles. The molecule has 2 heterocycles. The van der Waals surface area contributed by atoms with Gasteiger partial charge in [0.05, 0.1) is 4.90 Å². The van der Waals surface area contributed by atoms with E-state index in [1.165, 1.54) is 24.2 Å². The standard InChI is InChI=1S/C24H28N4O3S2/c29-21-9-6-19(7-10-21)8-11-22-18-26-24(32-22)25-17-20-4-3-5-23(16-20)33(30,31)27-12-15-28-13-1-2-14-28/h3-11,16,18,27,29H,1-2,12-15,17H2,(H,25,26). The van der Waals surface area contributed by atoms with E-state index < -0.39 is 10.0 Å². The molecular weight excluding hydrogens is 456 g/mol. The SMILES string of the molecule is O=S(=O)(NCCN1CCCC1)c1cccc(CNc2ncc(C=Cc3ccc(O)cc3)s2)c1. The van der Waals surface area contributed by atoms with Gasteiger partial charge in [-0.25, -0.2) is 18.1 Å². The average Bonchev–Trinajstić information content (AvgIpc) is 3.50. The molecule has 3 aromatic rings. The van der Waals surface area contributed by atoms with Gasteiger partial charge in [-0.15, -0.1) is 0 Å². The van der Waals surface area contributed by atoms with Crippen molar-refractivity contribution < 1.29 is 13.5 Å². The van der Waals surface area contributed by atoms with E-state index in [-0.39, 0.29) is 10.6 Å². The van der Waals surface area contributed by atoms with Crippen LogP contribution in [0, 0.1) is 0 Å². The number of phenolic OH excluding ortho intramolecular Hbond substituents is 1. The number of aromatic nitrogens is 1. The number of sulfonamides is 1. The van der Waals surface area contributed by atoms with Crippen molar-refractivity contribution in [2.24, 2.45) is 0 Å². The summed E-state index contributed by atoms with van der Waals surface area (Å²) in [5, 5.41) is 13.4. The highest BCUT2D eigenvalue weighted by Gasteiger charge is 2.16. The second-order valence-corrected chi connectivity index (χ2v) is 10.8. The molecule has 33 heavy (non-hydrogen) atoms. The zero-order valence-electron chi connectivity index (χ0n) is 18.3. The lowest BCUT2D eigenvalue weighted by molar-refractivity contribution is 0.344. The van der Waals surface area contributed by atoms with Crippen LogP contribution in [-0.4, -0.2) is 49.6 Å². The minimum absolute atomic E-state index is 0.242. The molecule has 1 aliphatic rings. The lowest BCUT2D eigenvalue weighted by Gasteiger charge is -2.15. The third-order valence-electron chi connectivity index (χ3n) is 5.43. The van der Waals surface area contributed by atoms with Gasteiger partial charge in [-0.2, -0.15) is 0 Å². The molecule has 0 atom stereocenters. The molecule has 3 N–H and O–H groups in total. The first-order valence-corrected chi connectivity index (χ1v) is 13.3. The van der Waals surface area contributed by atoms with Crippen molar-refractivity contribution in [1.82, 2.24) is 14.6 Å². The first-order chi connectivity index (χ1) is 16.0. The third-order valence-corrected chi connectivity index (χ3v) is 7.81. The Morgan fingerprint density at radius 2 is 1.88 bits per heavy atom. The molecule has 0 bridgehead atoms. The minimum Gasteiger partial charge on any atom is -0.508 e. The molecule has 1 aromatic heterocycles. The van der Waals surface area contributed by atoms with Crippen LogP contribution in [0.2, 0.25) is 0 Å². The fourth-order valence-corrected chi connectivity index (χ4v) is 5.44. The average molecular weight is 485 g/mol. The van der Waals surface area contributed by atoms with Crippen molar-refractivity contribution in [2.75, 3.05) is 31.5 Å². The Morgan fingerprint density at radius 1 is 1.09 bits per heavy atom. The second kappa shape index (κ2) is 10.9. The number of thiazole rings is 1. The van der Waals surface area contributed by atoms with Crippen molar-refractivity contribution in [3.63, 3.8) is 0 Å².